The van der Waals surface area contributed by atoms with Crippen LogP contribution in [-0.2, 0) is 6.42 Å². The highest BCUT2D eigenvalue weighted by Gasteiger charge is 2.16. The van der Waals surface area contributed by atoms with Gasteiger partial charge in [-0.2, -0.15) is 0 Å². The predicted molar refractivity (Wildman–Crippen MR) is 92.8 cm³/mol. The van der Waals surface area contributed by atoms with Crippen molar-refractivity contribution in [2.45, 2.75) is 47.0 Å². The summed E-state index contributed by atoms with van der Waals surface area (Å²) < 4.78 is 0. The number of aromatic nitrogens is 1. The number of nitrogens with zero attached hydrogens (tertiary/aromatic N) is 1. The SMILES string of the molecule is C/C(=C\N)Cc1sc(C)nc1-c1ccc(C)cc1C(C)C. The van der Waals surface area contributed by atoms with Gasteiger partial charge in [0.1, 0.15) is 0 Å². The second-order valence-electron chi connectivity index (χ2n) is 5.94. The van der Waals surface area contributed by atoms with Crippen LogP contribution in [0.3, 0.4) is 0 Å². The largest absolute Gasteiger partial charge is 0.405 e. The van der Waals surface area contributed by atoms with Crippen LogP contribution in [-0.4, -0.2) is 4.98 Å². The van der Waals surface area contributed by atoms with E-state index in [4.69, 9.17) is 10.7 Å². The average Bonchev–Trinajstić information content (AvgIpc) is 2.79. The van der Waals surface area contributed by atoms with Crippen LogP contribution in [0.2, 0.25) is 0 Å². The van der Waals surface area contributed by atoms with Crippen molar-refractivity contribution in [1.82, 2.24) is 4.98 Å². The van der Waals surface area contributed by atoms with Gasteiger partial charge >= 0.3 is 0 Å². The molecule has 0 aliphatic heterocycles. The van der Waals surface area contributed by atoms with Gasteiger partial charge in [0.05, 0.1) is 10.7 Å². The van der Waals surface area contributed by atoms with Gasteiger partial charge in [0.25, 0.3) is 0 Å². The fraction of sp³-hybridized carbons (Fsp3) is 0.389. The normalized spacial score (nSPS) is 12.2. The van der Waals surface area contributed by atoms with Gasteiger partial charge in [-0.1, -0.05) is 43.2 Å². The Balaban J connectivity index is 2.57. The summed E-state index contributed by atoms with van der Waals surface area (Å²) in [5.41, 5.74) is 11.9. The Morgan fingerprint density at radius 3 is 2.67 bits per heavy atom. The minimum atomic E-state index is 0.487. The first kappa shape index (κ1) is 15.8. The summed E-state index contributed by atoms with van der Waals surface area (Å²) >= 11 is 1.77. The van der Waals surface area contributed by atoms with Gasteiger partial charge in [0.15, 0.2) is 0 Å². The Labute approximate surface area is 131 Å². The lowest BCUT2D eigenvalue weighted by Gasteiger charge is -2.14. The van der Waals surface area contributed by atoms with Gasteiger partial charge in [-0.25, -0.2) is 4.98 Å². The molecule has 21 heavy (non-hydrogen) atoms. The van der Waals surface area contributed by atoms with E-state index in [0.29, 0.717) is 5.92 Å². The predicted octanol–water partition coefficient (Wildman–Crippen LogP) is 4.96. The van der Waals surface area contributed by atoms with Crippen LogP contribution < -0.4 is 5.73 Å². The van der Waals surface area contributed by atoms with E-state index in [1.807, 2.05) is 0 Å². The van der Waals surface area contributed by atoms with Crippen molar-refractivity contribution in [3.8, 4) is 11.3 Å². The summed E-state index contributed by atoms with van der Waals surface area (Å²) in [6.07, 6.45) is 2.57. The van der Waals surface area contributed by atoms with Crippen LogP contribution in [0.1, 0.15) is 47.7 Å². The second-order valence-corrected chi connectivity index (χ2v) is 7.23. The smallest absolute Gasteiger partial charge is 0.0904 e. The summed E-state index contributed by atoms with van der Waals surface area (Å²) in [6, 6.07) is 6.67. The van der Waals surface area contributed by atoms with E-state index in [1.54, 1.807) is 17.5 Å². The van der Waals surface area contributed by atoms with Gasteiger partial charge in [-0.05, 0) is 38.5 Å². The molecule has 0 amide bonds. The van der Waals surface area contributed by atoms with Crippen LogP contribution in [0.25, 0.3) is 11.3 Å². The minimum Gasteiger partial charge on any atom is -0.405 e. The number of hydrogen-bond acceptors (Lipinski definition) is 3. The topological polar surface area (TPSA) is 38.9 Å². The molecule has 1 aromatic carbocycles. The highest BCUT2D eigenvalue weighted by atomic mass is 32.1. The third-order valence-electron chi connectivity index (χ3n) is 3.61. The van der Waals surface area contributed by atoms with Crippen molar-refractivity contribution in [3.05, 3.63) is 51.0 Å². The summed E-state index contributed by atoms with van der Waals surface area (Å²) in [5, 5.41) is 1.11. The molecule has 1 aromatic heterocycles. The fourth-order valence-corrected chi connectivity index (χ4v) is 3.53. The lowest BCUT2D eigenvalue weighted by atomic mass is 9.92. The van der Waals surface area contributed by atoms with Crippen molar-refractivity contribution in [3.63, 3.8) is 0 Å². The van der Waals surface area contributed by atoms with Gasteiger partial charge in [0.2, 0.25) is 0 Å². The van der Waals surface area contributed by atoms with E-state index in [9.17, 15) is 0 Å². The molecule has 2 rings (SSSR count). The minimum absolute atomic E-state index is 0.487. The Morgan fingerprint density at radius 2 is 2.05 bits per heavy atom. The standard InChI is InChI=1S/C18H24N2S/c1-11(2)16-8-12(3)6-7-15(16)18-17(9-13(4)10-19)21-14(5)20-18/h6-8,10-11H,9,19H2,1-5H3/b13-10+. The number of hydrogen-bond donors (Lipinski definition) is 1. The number of benzene rings is 1. The van der Waals surface area contributed by atoms with Gasteiger partial charge in [-0.15, -0.1) is 11.3 Å². The molecule has 0 atom stereocenters. The molecule has 0 aliphatic rings. The van der Waals surface area contributed by atoms with Crippen LogP contribution >= 0.6 is 11.3 Å². The quantitative estimate of drug-likeness (QED) is 0.867. The highest BCUT2D eigenvalue weighted by Crippen LogP contribution is 2.35. The maximum atomic E-state index is 5.64. The molecule has 0 spiro atoms. The Hall–Kier alpha value is -1.61. The maximum absolute atomic E-state index is 5.64. The molecule has 112 valence electrons. The molecule has 0 bridgehead atoms. The molecule has 0 fully saturated rings. The zero-order valence-corrected chi connectivity index (χ0v) is 14.3. The molecular weight excluding hydrogens is 276 g/mol. The fourth-order valence-electron chi connectivity index (χ4n) is 2.49. The number of nitrogens with two attached hydrogens (primary N) is 1. The first-order valence-electron chi connectivity index (χ1n) is 7.37. The lowest BCUT2D eigenvalue weighted by molar-refractivity contribution is 0.866. The molecule has 0 radical (unpaired) electrons. The van der Waals surface area contributed by atoms with Gasteiger partial charge in [0, 0.05) is 16.9 Å². The van der Waals surface area contributed by atoms with E-state index in [0.717, 1.165) is 17.1 Å². The summed E-state index contributed by atoms with van der Waals surface area (Å²) in [7, 11) is 0. The number of allylic oxidation sites excluding steroid dienone is 1. The maximum Gasteiger partial charge on any atom is 0.0904 e. The monoisotopic (exact) mass is 300 g/mol. The third-order valence-corrected chi connectivity index (χ3v) is 4.58. The van der Waals surface area contributed by atoms with Gasteiger partial charge in [-0.3, -0.25) is 0 Å². The summed E-state index contributed by atoms with van der Waals surface area (Å²) in [6.45, 7) is 10.8. The molecule has 2 nitrogen and oxygen atoms in total. The van der Waals surface area contributed by atoms with Crippen molar-refractivity contribution < 1.29 is 0 Å². The summed E-state index contributed by atoms with van der Waals surface area (Å²) in [5.74, 6) is 0.487. The van der Waals surface area contributed by atoms with Crippen molar-refractivity contribution in [2.24, 2.45) is 5.73 Å². The number of rotatable bonds is 4. The first-order valence-corrected chi connectivity index (χ1v) is 8.18. The van der Waals surface area contributed by atoms with Crippen molar-refractivity contribution in [1.29, 1.82) is 0 Å². The van der Waals surface area contributed by atoms with E-state index < -0.39 is 0 Å². The molecule has 0 aliphatic carbocycles. The Kier molecular flexibility index (Phi) is 4.84. The lowest BCUT2D eigenvalue weighted by Crippen LogP contribution is -1.97. The Bertz CT molecular complexity index is 666. The van der Waals surface area contributed by atoms with E-state index in [2.05, 4.69) is 52.8 Å². The molecule has 0 saturated carbocycles. The van der Waals surface area contributed by atoms with Crippen LogP contribution in [0.15, 0.2) is 30.0 Å². The highest BCUT2D eigenvalue weighted by molar-refractivity contribution is 7.12. The van der Waals surface area contributed by atoms with Crippen LogP contribution in [0.4, 0.5) is 0 Å². The van der Waals surface area contributed by atoms with Crippen LogP contribution in [0, 0.1) is 13.8 Å². The molecule has 3 heteroatoms. The summed E-state index contributed by atoms with van der Waals surface area (Å²) in [4.78, 5) is 6.09. The number of aryl methyl sites for hydroxylation is 2. The molecule has 2 N–H and O–H groups in total. The van der Waals surface area contributed by atoms with E-state index >= 15 is 0 Å². The van der Waals surface area contributed by atoms with Crippen molar-refractivity contribution in [2.75, 3.05) is 0 Å². The third kappa shape index (κ3) is 3.53. The average molecular weight is 300 g/mol. The molecule has 1 heterocycles. The molecule has 0 saturated heterocycles. The molecular formula is C18H24N2S. The first-order chi connectivity index (χ1) is 9.92. The van der Waals surface area contributed by atoms with Crippen molar-refractivity contribution >= 4 is 11.3 Å². The van der Waals surface area contributed by atoms with E-state index in [-0.39, 0.29) is 0 Å². The zero-order chi connectivity index (χ0) is 15.6. The molecule has 0 unspecified atom stereocenters. The second kappa shape index (κ2) is 6.44. The number of thiazole rings is 1. The van der Waals surface area contributed by atoms with E-state index in [1.165, 1.54) is 27.1 Å². The Morgan fingerprint density at radius 1 is 1.33 bits per heavy atom. The zero-order valence-electron chi connectivity index (χ0n) is 13.5. The molecule has 2 aromatic rings. The van der Waals surface area contributed by atoms with Gasteiger partial charge < -0.3 is 5.73 Å². The van der Waals surface area contributed by atoms with Crippen LogP contribution in [0.5, 0.6) is 0 Å².